The molecule has 0 aliphatic carbocycles. The van der Waals surface area contributed by atoms with Gasteiger partial charge >= 0.3 is 47.8 Å². The Morgan fingerprint density at radius 1 is 0.322 bits per heavy atom. The Morgan fingerprint density at radius 2 is 0.576 bits per heavy atom. The largest absolute Gasteiger partial charge is 0.457 e. The van der Waals surface area contributed by atoms with E-state index in [0.717, 1.165) is 11.1 Å². The fourth-order valence-corrected chi connectivity index (χ4v) is 7.14. The van der Waals surface area contributed by atoms with Crippen molar-refractivity contribution in [3.63, 3.8) is 0 Å². The van der Waals surface area contributed by atoms with E-state index in [1.807, 2.05) is 48.5 Å². The van der Waals surface area contributed by atoms with Crippen LogP contribution in [0.3, 0.4) is 0 Å². The number of carbonyl (C=O) groups is 8. The van der Waals surface area contributed by atoms with Gasteiger partial charge in [-0.1, -0.05) is 38.1 Å². The average Bonchev–Trinajstić information content (AvgIpc) is 3.67. The predicted octanol–water partition coefficient (Wildman–Crippen LogP) is 7.68. The standard InChI is InChI=1S/C31H20O8.C14H4O6/c1-31(2,17-3-7-19(8-4-17)36-21-11-13-23-25(15-21)29(34)38-27(23)32)18-5-9-20(10-6-18)37-22-12-14-24-26(16-22)30(35)39-28(24)33;15-11-5-1-2-6-10-8(14(18)20-12(6)16)4-3-7(9(5)10)13(17)19-11/h3-16H,1-2H3;1-4H. The van der Waals surface area contributed by atoms with Gasteiger partial charge in [-0.25, -0.2) is 38.4 Å². The van der Waals surface area contributed by atoms with E-state index in [-0.39, 0.29) is 60.7 Å². The minimum atomic E-state index is -0.794. The van der Waals surface area contributed by atoms with Crippen LogP contribution in [0.5, 0.6) is 23.0 Å². The van der Waals surface area contributed by atoms with Crippen LogP contribution >= 0.6 is 0 Å². The van der Waals surface area contributed by atoms with Crippen LogP contribution in [0.1, 0.15) is 108 Å². The zero-order valence-electron chi connectivity index (χ0n) is 30.6. The van der Waals surface area contributed by atoms with E-state index >= 15 is 0 Å². The molecule has 6 aromatic rings. The summed E-state index contributed by atoms with van der Waals surface area (Å²) in [5.41, 5.74) is 3.22. The Hall–Kier alpha value is -8.26. The number of ether oxygens (including phenoxy) is 6. The zero-order chi connectivity index (χ0) is 41.3. The molecule has 0 radical (unpaired) electrons. The minimum absolute atomic E-state index is 0.155. The van der Waals surface area contributed by atoms with E-state index < -0.39 is 47.8 Å². The first kappa shape index (κ1) is 36.4. The lowest BCUT2D eigenvalue weighted by atomic mass is 9.78. The number of cyclic esters (lactones) is 8. The van der Waals surface area contributed by atoms with Gasteiger partial charge in [-0.05, 0) is 96.1 Å². The summed E-state index contributed by atoms with van der Waals surface area (Å²) in [6.07, 6.45) is 0. The third-order valence-electron chi connectivity index (χ3n) is 10.3. The van der Waals surface area contributed by atoms with Gasteiger partial charge in [0.15, 0.2) is 0 Å². The Balaban J connectivity index is 0.000000187. The van der Waals surface area contributed by atoms with E-state index in [1.54, 1.807) is 12.1 Å². The number of benzene rings is 6. The van der Waals surface area contributed by atoms with Crippen molar-refractivity contribution in [3.05, 3.63) is 165 Å². The number of fused-ring (bicyclic) bond motifs is 2. The highest BCUT2D eigenvalue weighted by Gasteiger charge is 2.36. The number of rotatable bonds is 6. The van der Waals surface area contributed by atoms with Crippen molar-refractivity contribution in [1.82, 2.24) is 0 Å². The van der Waals surface area contributed by atoms with Crippen molar-refractivity contribution in [1.29, 1.82) is 0 Å². The molecule has 0 bridgehead atoms. The molecule has 14 nitrogen and oxygen atoms in total. The van der Waals surface area contributed by atoms with Gasteiger partial charge in [0, 0.05) is 16.2 Å². The van der Waals surface area contributed by atoms with Gasteiger partial charge in [-0.3, -0.25) is 0 Å². The van der Waals surface area contributed by atoms with Crippen LogP contribution in [-0.4, -0.2) is 47.8 Å². The second kappa shape index (κ2) is 13.4. The van der Waals surface area contributed by atoms with Crippen LogP contribution < -0.4 is 9.47 Å². The second-order valence-electron chi connectivity index (χ2n) is 14.1. The molecule has 6 aromatic carbocycles. The predicted molar refractivity (Wildman–Crippen MR) is 201 cm³/mol. The summed E-state index contributed by atoms with van der Waals surface area (Å²) in [7, 11) is 0. The molecule has 288 valence electrons. The summed E-state index contributed by atoms with van der Waals surface area (Å²) in [6.45, 7) is 4.20. The zero-order valence-corrected chi connectivity index (χ0v) is 30.6. The molecule has 0 saturated heterocycles. The lowest BCUT2D eigenvalue weighted by Crippen LogP contribution is -2.25. The molecule has 10 rings (SSSR count). The molecule has 0 fully saturated rings. The molecule has 0 saturated carbocycles. The number of hydrogen-bond donors (Lipinski definition) is 0. The molecule has 4 aliphatic rings. The molecule has 0 amide bonds. The Labute approximate surface area is 331 Å². The maximum absolute atomic E-state index is 11.8. The summed E-state index contributed by atoms with van der Waals surface area (Å²) in [5, 5.41) is 0.539. The third kappa shape index (κ3) is 6.15. The molecule has 14 heteroatoms. The molecule has 0 N–H and O–H groups in total. The highest BCUT2D eigenvalue weighted by molar-refractivity contribution is 6.29. The lowest BCUT2D eigenvalue weighted by Gasteiger charge is -2.26. The van der Waals surface area contributed by atoms with Gasteiger partial charge in [0.05, 0.1) is 44.5 Å². The van der Waals surface area contributed by atoms with Gasteiger partial charge in [-0.15, -0.1) is 0 Å². The summed E-state index contributed by atoms with van der Waals surface area (Å²) in [6, 6.07) is 30.0. The van der Waals surface area contributed by atoms with Crippen molar-refractivity contribution in [2.75, 3.05) is 0 Å². The van der Waals surface area contributed by atoms with E-state index in [9.17, 15) is 38.4 Å². The molecule has 0 aromatic heterocycles. The second-order valence-corrected chi connectivity index (χ2v) is 14.1. The van der Waals surface area contributed by atoms with Gasteiger partial charge in [0.2, 0.25) is 0 Å². The lowest BCUT2D eigenvalue weighted by molar-refractivity contribution is 0.0366. The van der Waals surface area contributed by atoms with Gasteiger partial charge < -0.3 is 28.4 Å². The van der Waals surface area contributed by atoms with E-state index in [0.29, 0.717) is 23.0 Å². The Morgan fingerprint density at radius 3 is 0.898 bits per heavy atom. The molecule has 0 spiro atoms. The maximum atomic E-state index is 11.8. The molecule has 0 unspecified atom stereocenters. The van der Waals surface area contributed by atoms with Gasteiger partial charge in [0.25, 0.3) is 0 Å². The molecule has 59 heavy (non-hydrogen) atoms. The highest BCUT2D eigenvalue weighted by atomic mass is 16.6. The normalized spacial score (nSPS) is 14.7. The SMILES string of the molecule is CC(C)(c1ccc(Oc2ccc3c(c2)C(=O)OC3=O)cc1)c1ccc(Oc2ccc3c(c2)C(=O)OC3=O)cc1.O=C1OC(=O)c2ccc3c4c(ccc1c24)C(=O)OC3=O. The quantitative estimate of drug-likeness (QED) is 0.0906. The van der Waals surface area contributed by atoms with Crippen LogP contribution in [0.25, 0.3) is 10.8 Å². The minimum Gasteiger partial charge on any atom is -0.457 e. The van der Waals surface area contributed by atoms with Crippen LogP contribution in [0, 0.1) is 0 Å². The average molecular weight is 789 g/mol. The first-order chi connectivity index (χ1) is 28.3. The summed E-state index contributed by atoms with van der Waals surface area (Å²) >= 11 is 0. The Bertz CT molecular complexity index is 2670. The van der Waals surface area contributed by atoms with Crippen LogP contribution in [0.2, 0.25) is 0 Å². The molecular weight excluding hydrogens is 764 g/mol. The number of hydrogen-bond acceptors (Lipinski definition) is 14. The molecular formula is C45H24O14. The summed E-state index contributed by atoms with van der Waals surface area (Å²) in [5.74, 6) is -3.83. The molecule has 0 atom stereocenters. The van der Waals surface area contributed by atoms with Crippen molar-refractivity contribution in [2.24, 2.45) is 0 Å². The van der Waals surface area contributed by atoms with Crippen LogP contribution in [0.4, 0.5) is 0 Å². The monoisotopic (exact) mass is 788 g/mol. The maximum Gasteiger partial charge on any atom is 0.347 e. The third-order valence-corrected chi connectivity index (χ3v) is 10.3. The summed E-state index contributed by atoms with van der Waals surface area (Å²) < 4.78 is 30.2. The van der Waals surface area contributed by atoms with Crippen molar-refractivity contribution < 1.29 is 66.8 Å². The van der Waals surface area contributed by atoms with Crippen LogP contribution in [0.15, 0.2) is 109 Å². The number of carbonyl (C=O) groups excluding carboxylic acids is 8. The van der Waals surface area contributed by atoms with Crippen molar-refractivity contribution >= 4 is 58.5 Å². The Kier molecular flexibility index (Phi) is 8.29. The smallest absolute Gasteiger partial charge is 0.347 e. The van der Waals surface area contributed by atoms with E-state index in [1.165, 1.54) is 48.5 Å². The van der Waals surface area contributed by atoms with Crippen molar-refractivity contribution in [3.8, 4) is 23.0 Å². The fourth-order valence-electron chi connectivity index (χ4n) is 7.14. The molecule has 4 heterocycles. The highest BCUT2D eigenvalue weighted by Crippen LogP contribution is 2.38. The van der Waals surface area contributed by atoms with E-state index in [4.69, 9.17) is 9.47 Å². The number of esters is 8. The topological polar surface area (TPSA) is 192 Å². The van der Waals surface area contributed by atoms with Gasteiger partial charge in [0.1, 0.15) is 23.0 Å². The first-order valence-electron chi connectivity index (χ1n) is 17.8. The van der Waals surface area contributed by atoms with Gasteiger partial charge in [-0.2, -0.15) is 0 Å². The fraction of sp³-hybridized carbons (Fsp3) is 0.0667. The van der Waals surface area contributed by atoms with Crippen molar-refractivity contribution in [2.45, 2.75) is 19.3 Å². The van der Waals surface area contributed by atoms with E-state index in [2.05, 4.69) is 32.8 Å². The first-order valence-corrected chi connectivity index (χ1v) is 17.8. The van der Waals surface area contributed by atoms with Crippen LogP contribution in [-0.2, 0) is 24.4 Å². The molecule has 4 aliphatic heterocycles. The summed E-state index contributed by atoms with van der Waals surface area (Å²) in [4.78, 5) is 93.8.